The van der Waals surface area contributed by atoms with Crippen molar-refractivity contribution in [3.8, 4) is 16.8 Å². The Balaban J connectivity index is 1.20. The number of benzene rings is 5. The van der Waals surface area contributed by atoms with E-state index in [4.69, 9.17) is 0 Å². The summed E-state index contributed by atoms with van der Waals surface area (Å²) in [5.41, 5.74) is 19.1. The van der Waals surface area contributed by atoms with Crippen LogP contribution in [0.2, 0.25) is 0 Å². The fraction of sp³-hybridized carbons (Fsp3) is 0.224. The standard InChI is InChI=1S/C49H45N3/c1-31-16-14-27-43-39(28-31)45-44-38-25-12-13-26-40(38)49(2,3)46(44)36-23-10-11-24-37(36)47(45)52(43)35-22-15-21-34(29-35)48-50-41(32-17-6-4-7-18-32)30-42(51-48)33-19-8-5-9-20-33/h4-9,11-15,17-22,24-27,29-31,41,48,50-51H,10,16,23,28H2,1-3H3. The van der Waals surface area contributed by atoms with Crippen molar-refractivity contribution in [3.63, 3.8) is 0 Å². The summed E-state index contributed by atoms with van der Waals surface area (Å²) < 4.78 is 2.62. The lowest BCUT2D eigenvalue weighted by molar-refractivity contribution is 0.442. The zero-order valence-electron chi connectivity index (χ0n) is 30.3. The molecule has 3 aliphatic carbocycles. The normalized spacial score (nSPS) is 21.1. The summed E-state index contributed by atoms with van der Waals surface area (Å²) in [6.45, 7) is 7.32. The van der Waals surface area contributed by atoms with Gasteiger partial charge in [0.25, 0.3) is 0 Å². The molecule has 52 heavy (non-hydrogen) atoms. The highest BCUT2D eigenvalue weighted by molar-refractivity contribution is 6.10. The van der Waals surface area contributed by atoms with E-state index in [-0.39, 0.29) is 17.6 Å². The van der Waals surface area contributed by atoms with Gasteiger partial charge < -0.3 is 9.88 Å². The van der Waals surface area contributed by atoms with Crippen molar-refractivity contribution in [1.82, 2.24) is 15.2 Å². The summed E-state index contributed by atoms with van der Waals surface area (Å²) in [4.78, 5) is 0. The fourth-order valence-corrected chi connectivity index (χ4v) is 9.73. The van der Waals surface area contributed by atoms with Crippen molar-refractivity contribution in [1.29, 1.82) is 0 Å². The van der Waals surface area contributed by atoms with E-state index in [0.717, 1.165) is 31.4 Å². The summed E-state index contributed by atoms with van der Waals surface area (Å²) in [5, 5.41) is 9.31. The predicted molar refractivity (Wildman–Crippen MR) is 217 cm³/mol. The van der Waals surface area contributed by atoms with Crippen LogP contribution in [0.15, 0.2) is 127 Å². The topological polar surface area (TPSA) is 29.0 Å². The van der Waals surface area contributed by atoms with E-state index in [0.29, 0.717) is 5.92 Å². The Morgan fingerprint density at radius 3 is 2.38 bits per heavy atom. The van der Waals surface area contributed by atoms with Crippen LogP contribution in [0.4, 0.5) is 0 Å². The number of nitrogens with one attached hydrogen (secondary N) is 2. The van der Waals surface area contributed by atoms with Crippen molar-refractivity contribution in [2.24, 2.45) is 5.92 Å². The molecule has 2 N–H and O–H groups in total. The SMILES string of the molecule is CC1CC=Cc2c(c3c4c(c5c(c3n2-c2cccc(C3NC(c6ccccc6)=CC(c6ccccc6)N3)c2)C=CCC5)C(C)(C)c2ccccc2-4)C1. The molecule has 1 aromatic heterocycles. The molecule has 1 aliphatic heterocycles. The van der Waals surface area contributed by atoms with Crippen LogP contribution in [0.5, 0.6) is 0 Å². The van der Waals surface area contributed by atoms with Gasteiger partial charge >= 0.3 is 0 Å². The molecular formula is C49H45N3. The number of allylic oxidation sites excluding steroid dienone is 2. The third-order valence-electron chi connectivity index (χ3n) is 12.1. The molecule has 0 fully saturated rings. The number of nitrogens with zero attached hydrogens (tertiary/aromatic N) is 1. The maximum absolute atomic E-state index is 3.96. The van der Waals surface area contributed by atoms with Crippen LogP contribution in [-0.2, 0) is 18.3 Å². The lowest BCUT2D eigenvalue weighted by Crippen LogP contribution is -2.39. The van der Waals surface area contributed by atoms with Gasteiger partial charge in [0.2, 0.25) is 0 Å². The minimum absolute atomic E-state index is 0.0476. The third-order valence-corrected chi connectivity index (χ3v) is 12.1. The monoisotopic (exact) mass is 675 g/mol. The zero-order valence-corrected chi connectivity index (χ0v) is 30.3. The van der Waals surface area contributed by atoms with Gasteiger partial charge in [-0.2, -0.15) is 0 Å². The molecule has 0 saturated carbocycles. The van der Waals surface area contributed by atoms with Crippen molar-refractivity contribution >= 4 is 28.8 Å². The first kappa shape index (κ1) is 31.4. The summed E-state index contributed by atoms with van der Waals surface area (Å²) in [6, 6.07) is 40.1. The minimum atomic E-state index is -0.0768. The van der Waals surface area contributed by atoms with Crippen molar-refractivity contribution in [2.45, 2.75) is 64.1 Å². The lowest BCUT2D eigenvalue weighted by atomic mass is 9.76. The molecule has 3 nitrogen and oxygen atoms in total. The van der Waals surface area contributed by atoms with Crippen molar-refractivity contribution < 1.29 is 0 Å². The van der Waals surface area contributed by atoms with Crippen LogP contribution >= 0.6 is 0 Å². The fourth-order valence-electron chi connectivity index (χ4n) is 9.73. The van der Waals surface area contributed by atoms with E-state index < -0.39 is 0 Å². The molecule has 0 bridgehead atoms. The van der Waals surface area contributed by atoms with Crippen LogP contribution in [0.25, 0.3) is 45.6 Å². The van der Waals surface area contributed by atoms with E-state index in [2.05, 4.69) is 176 Å². The highest BCUT2D eigenvalue weighted by Crippen LogP contribution is 2.56. The number of fused-ring (bicyclic) bond motifs is 10. The molecule has 256 valence electrons. The third kappa shape index (κ3) is 4.83. The van der Waals surface area contributed by atoms with Gasteiger partial charge in [0.1, 0.15) is 6.17 Å². The molecule has 3 atom stereocenters. The first-order valence-corrected chi connectivity index (χ1v) is 19.1. The molecule has 6 aromatic rings. The number of aromatic nitrogens is 1. The van der Waals surface area contributed by atoms with Gasteiger partial charge in [-0.05, 0) is 106 Å². The highest BCUT2D eigenvalue weighted by atomic mass is 15.2. The van der Waals surface area contributed by atoms with E-state index in [1.54, 1.807) is 5.56 Å². The van der Waals surface area contributed by atoms with Crippen LogP contribution in [0.1, 0.15) is 96.0 Å². The number of hydrogen-bond donors (Lipinski definition) is 2. The summed E-state index contributed by atoms with van der Waals surface area (Å²) in [7, 11) is 0. The Kier molecular flexibility index (Phi) is 7.30. The molecule has 0 radical (unpaired) electrons. The van der Waals surface area contributed by atoms with E-state index >= 15 is 0 Å². The van der Waals surface area contributed by atoms with Crippen LogP contribution in [-0.4, -0.2) is 4.57 Å². The van der Waals surface area contributed by atoms with Gasteiger partial charge in [-0.3, -0.25) is 5.32 Å². The van der Waals surface area contributed by atoms with Gasteiger partial charge in [-0.15, -0.1) is 0 Å². The van der Waals surface area contributed by atoms with Crippen LogP contribution in [0, 0.1) is 5.92 Å². The minimum Gasteiger partial charge on any atom is -0.366 e. The molecule has 4 aliphatic rings. The summed E-state index contributed by atoms with van der Waals surface area (Å²) in [6.07, 6.45) is 16.3. The van der Waals surface area contributed by atoms with Crippen molar-refractivity contribution in [3.05, 3.63) is 178 Å². The first-order valence-electron chi connectivity index (χ1n) is 19.1. The quantitative estimate of drug-likeness (QED) is 0.195. The van der Waals surface area contributed by atoms with Crippen LogP contribution in [0.3, 0.4) is 0 Å². The molecule has 0 saturated heterocycles. The Hall–Kier alpha value is -5.38. The van der Waals surface area contributed by atoms with Gasteiger partial charge in [0, 0.05) is 33.4 Å². The second-order valence-corrected chi connectivity index (χ2v) is 15.8. The van der Waals surface area contributed by atoms with Gasteiger partial charge in [-0.1, -0.05) is 136 Å². The van der Waals surface area contributed by atoms with Crippen LogP contribution < -0.4 is 10.6 Å². The molecule has 3 heteroatoms. The van der Waals surface area contributed by atoms with Crippen molar-refractivity contribution in [2.75, 3.05) is 0 Å². The molecule has 2 heterocycles. The summed E-state index contributed by atoms with van der Waals surface area (Å²) in [5.74, 6) is 0.573. The Morgan fingerprint density at radius 2 is 1.54 bits per heavy atom. The largest absolute Gasteiger partial charge is 0.366 e. The van der Waals surface area contributed by atoms with Gasteiger partial charge in [-0.25, -0.2) is 0 Å². The Labute approximate surface area is 307 Å². The second-order valence-electron chi connectivity index (χ2n) is 15.8. The lowest BCUT2D eigenvalue weighted by Gasteiger charge is -2.33. The molecular weight excluding hydrogens is 631 g/mol. The number of rotatable bonds is 4. The van der Waals surface area contributed by atoms with E-state index in [1.165, 1.54) is 72.4 Å². The van der Waals surface area contributed by atoms with E-state index in [1.807, 2.05) is 0 Å². The first-order chi connectivity index (χ1) is 25.5. The molecule has 0 amide bonds. The average Bonchev–Trinajstić information content (AvgIpc) is 3.54. The highest BCUT2D eigenvalue weighted by Gasteiger charge is 2.42. The van der Waals surface area contributed by atoms with Gasteiger partial charge in [0.15, 0.2) is 0 Å². The molecule has 0 spiro atoms. The number of hydrogen-bond acceptors (Lipinski definition) is 2. The smallest absolute Gasteiger partial charge is 0.104 e. The van der Waals surface area contributed by atoms with E-state index in [9.17, 15) is 0 Å². The maximum atomic E-state index is 3.96. The maximum Gasteiger partial charge on any atom is 0.104 e. The zero-order chi connectivity index (χ0) is 35.0. The Bertz CT molecular complexity index is 2460. The molecule has 10 rings (SSSR count). The average molecular weight is 676 g/mol. The Morgan fingerprint density at radius 1 is 0.769 bits per heavy atom. The molecule has 3 unspecified atom stereocenters. The molecule has 5 aromatic carbocycles. The summed E-state index contributed by atoms with van der Waals surface area (Å²) >= 11 is 0. The predicted octanol–water partition coefficient (Wildman–Crippen LogP) is 11.5. The van der Waals surface area contributed by atoms with Gasteiger partial charge in [0.05, 0.1) is 11.6 Å². The second kappa shape index (κ2) is 12.1.